The number of carbonyl (C=O) groups excluding carboxylic acids is 3. The maximum atomic E-state index is 12.6. The predicted octanol–water partition coefficient (Wildman–Crippen LogP) is 3.70. The summed E-state index contributed by atoms with van der Waals surface area (Å²) in [5.41, 5.74) is 3.06. The number of amides is 3. The number of imide groups is 1. The van der Waals surface area contributed by atoms with Crippen LogP contribution >= 0.6 is 0 Å². The van der Waals surface area contributed by atoms with Gasteiger partial charge in [-0.15, -0.1) is 0 Å². The second-order valence-electron chi connectivity index (χ2n) is 7.51. The topological polar surface area (TPSA) is 113 Å². The fourth-order valence-electron chi connectivity index (χ4n) is 3.66. The SMILES string of the molecule is Cc1c(CN(C)C(=O)/C=C/c2cnc3c(c2)CCC(=O)N3C(=O)OO)oc2ccccc12. The van der Waals surface area contributed by atoms with E-state index >= 15 is 0 Å². The third-order valence-electron chi connectivity index (χ3n) is 5.41. The summed E-state index contributed by atoms with van der Waals surface area (Å²) in [6.07, 6.45) is 3.73. The van der Waals surface area contributed by atoms with Gasteiger partial charge < -0.3 is 9.32 Å². The van der Waals surface area contributed by atoms with Crippen LogP contribution in [0.5, 0.6) is 0 Å². The number of likely N-dealkylation sites (N-methyl/N-ethyl adjacent to an activating group) is 1. The van der Waals surface area contributed by atoms with Gasteiger partial charge in [0.05, 0.1) is 6.54 Å². The molecule has 0 aliphatic carbocycles. The summed E-state index contributed by atoms with van der Waals surface area (Å²) in [5, 5.41) is 9.64. The largest absolute Gasteiger partial charge is 0.459 e. The Hall–Kier alpha value is -3.98. The highest BCUT2D eigenvalue weighted by atomic mass is 17.1. The van der Waals surface area contributed by atoms with Crippen molar-refractivity contribution in [2.45, 2.75) is 26.3 Å². The quantitative estimate of drug-likeness (QED) is 0.378. The number of hydrogen-bond acceptors (Lipinski definition) is 7. The molecule has 9 heteroatoms. The predicted molar refractivity (Wildman–Crippen MR) is 116 cm³/mol. The summed E-state index contributed by atoms with van der Waals surface area (Å²) < 4.78 is 5.88. The number of para-hydroxylation sites is 1. The lowest BCUT2D eigenvalue weighted by Crippen LogP contribution is -2.41. The Bertz CT molecular complexity index is 1250. The third kappa shape index (κ3) is 3.97. The van der Waals surface area contributed by atoms with Gasteiger partial charge in [0.2, 0.25) is 11.8 Å². The van der Waals surface area contributed by atoms with Crippen LogP contribution in [-0.2, 0) is 27.4 Å². The molecule has 1 aliphatic rings. The summed E-state index contributed by atoms with van der Waals surface area (Å²) in [4.78, 5) is 46.3. The van der Waals surface area contributed by atoms with Gasteiger partial charge in [0.15, 0.2) is 0 Å². The van der Waals surface area contributed by atoms with Crippen molar-refractivity contribution in [1.29, 1.82) is 0 Å². The summed E-state index contributed by atoms with van der Waals surface area (Å²) in [5.74, 6) is 0.112. The number of aromatic nitrogens is 1. The number of furan rings is 1. The molecule has 32 heavy (non-hydrogen) atoms. The molecule has 0 bridgehead atoms. The van der Waals surface area contributed by atoms with E-state index in [1.807, 2.05) is 31.2 Å². The number of pyridine rings is 1. The van der Waals surface area contributed by atoms with E-state index in [1.54, 1.807) is 24.1 Å². The number of rotatable bonds is 4. The monoisotopic (exact) mass is 435 g/mol. The van der Waals surface area contributed by atoms with E-state index in [0.717, 1.165) is 22.3 Å². The zero-order valence-corrected chi connectivity index (χ0v) is 17.6. The molecule has 0 saturated heterocycles. The molecule has 3 amide bonds. The number of hydrogen-bond donors (Lipinski definition) is 1. The molecule has 1 N–H and O–H groups in total. The van der Waals surface area contributed by atoms with E-state index in [1.165, 1.54) is 12.3 Å². The third-order valence-corrected chi connectivity index (χ3v) is 5.41. The zero-order chi connectivity index (χ0) is 22.8. The van der Waals surface area contributed by atoms with Crippen molar-refractivity contribution in [3.05, 3.63) is 65.1 Å². The molecular formula is C23H21N3O6. The molecule has 0 unspecified atom stereocenters. The number of aryl methyl sites for hydroxylation is 2. The molecule has 1 aromatic carbocycles. The van der Waals surface area contributed by atoms with Crippen molar-refractivity contribution in [3.63, 3.8) is 0 Å². The summed E-state index contributed by atoms with van der Waals surface area (Å²) in [6, 6.07) is 9.46. The molecule has 0 radical (unpaired) electrons. The highest BCUT2D eigenvalue weighted by Gasteiger charge is 2.32. The van der Waals surface area contributed by atoms with Crippen LogP contribution in [0, 0.1) is 6.92 Å². The van der Waals surface area contributed by atoms with Crippen LogP contribution in [0.15, 0.2) is 47.0 Å². The van der Waals surface area contributed by atoms with Crippen molar-refractivity contribution in [3.8, 4) is 0 Å². The number of carbonyl (C=O) groups is 3. The van der Waals surface area contributed by atoms with Gasteiger partial charge in [-0.2, -0.15) is 10.2 Å². The zero-order valence-electron chi connectivity index (χ0n) is 17.6. The molecule has 0 saturated carbocycles. The molecule has 3 aromatic rings. The smallest absolute Gasteiger partial charge is 0.453 e. The first-order valence-corrected chi connectivity index (χ1v) is 9.96. The minimum Gasteiger partial charge on any atom is -0.459 e. The van der Waals surface area contributed by atoms with Crippen LogP contribution in [0.3, 0.4) is 0 Å². The minimum atomic E-state index is -1.20. The van der Waals surface area contributed by atoms with E-state index in [-0.39, 0.29) is 18.1 Å². The first-order valence-electron chi connectivity index (χ1n) is 9.96. The lowest BCUT2D eigenvalue weighted by molar-refractivity contribution is -0.176. The first kappa shape index (κ1) is 21.3. The average molecular weight is 435 g/mol. The number of benzene rings is 1. The molecule has 9 nitrogen and oxygen atoms in total. The molecule has 4 rings (SSSR count). The van der Waals surface area contributed by atoms with Gasteiger partial charge in [0.25, 0.3) is 0 Å². The molecule has 164 valence electrons. The van der Waals surface area contributed by atoms with Gasteiger partial charge in [-0.3, -0.25) is 14.5 Å². The average Bonchev–Trinajstić information content (AvgIpc) is 3.12. The van der Waals surface area contributed by atoms with E-state index in [9.17, 15) is 14.4 Å². The fraction of sp³-hybridized carbons (Fsp3) is 0.217. The second-order valence-corrected chi connectivity index (χ2v) is 7.51. The van der Waals surface area contributed by atoms with Crippen LogP contribution in [0.2, 0.25) is 0 Å². The van der Waals surface area contributed by atoms with E-state index in [0.29, 0.717) is 29.0 Å². The molecule has 0 atom stereocenters. The molecular weight excluding hydrogens is 414 g/mol. The van der Waals surface area contributed by atoms with Crippen molar-refractivity contribution >= 4 is 40.8 Å². The Morgan fingerprint density at radius 1 is 1.31 bits per heavy atom. The van der Waals surface area contributed by atoms with E-state index in [4.69, 9.17) is 9.67 Å². The van der Waals surface area contributed by atoms with Crippen LogP contribution in [0.25, 0.3) is 17.0 Å². The molecule has 0 fully saturated rings. The van der Waals surface area contributed by atoms with Gasteiger partial charge in [-0.1, -0.05) is 18.2 Å². The number of anilines is 1. The molecule has 1 aliphatic heterocycles. The summed E-state index contributed by atoms with van der Waals surface area (Å²) in [7, 11) is 1.69. The van der Waals surface area contributed by atoms with Crippen molar-refractivity contribution in [2.24, 2.45) is 0 Å². The van der Waals surface area contributed by atoms with Gasteiger partial charge in [0.1, 0.15) is 17.2 Å². The number of nitrogens with zero attached hydrogens (tertiary/aromatic N) is 3. The van der Waals surface area contributed by atoms with Gasteiger partial charge >= 0.3 is 6.09 Å². The minimum absolute atomic E-state index is 0.0788. The molecule has 3 heterocycles. The summed E-state index contributed by atoms with van der Waals surface area (Å²) in [6.45, 7) is 2.29. The van der Waals surface area contributed by atoms with Gasteiger partial charge in [0, 0.05) is 36.7 Å². The fourth-order valence-corrected chi connectivity index (χ4v) is 3.66. The van der Waals surface area contributed by atoms with Crippen LogP contribution in [0.1, 0.15) is 28.9 Å². The van der Waals surface area contributed by atoms with Crippen molar-refractivity contribution < 1.29 is 28.9 Å². The summed E-state index contributed by atoms with van der Waals surface area (Å²) >= 11 is 0. The lowest BCUT2D eigenvalue weighted by Gasteiger charge is -2.24. The maximum Gasteiger partial charge on any atom is 0.453 e. The maximum absolute atomic E-state index is 12.6. The normalized spacial score (nSPS) is 13.5. The van der Waals surface area contributed by atoms with Crippen LogP contribution < -0.4 is 4.90 Å². The Balaban J connectivity index is 1.48. The van der Waals surface area contributed by atoms with E-state index < -0.39 is 12.0 Å². The first-order chi connectivity index (χ1) is 15.4. The Labute approximate surface area is 183 Å². The Morgan fingerprint density at radius 2 is 2.09 bits per heavy atom. The van der Waals surface area contributed by atoms with E-state index in [2.05, 4.69) is 9.87 Å². The highest BCUT2D eigenvalue weighted by molar-refractivity contribution is 6.13. The van der Waals surface area contributed by atoms with Crippen LogP contribution in [-0.4, -0.2) is 40.1 Å². The van der Waals surface area contributed by atoms with Gasteiger partial charge in [-0.25, -0.2) is 9.78 Å². The van der Waals surface area contributed by atoms with Crippen molar-refractivity contribution in [1.82, 2.24) is 9.88 Å². The molecule has 0 spiro atoms. The van der Waals surface area contributed by atoms with Crippen molar-refractivity contribution in [2.75, 3.05) is 11.9 Å². The highest BCUT2D eigenvalue weighted by Crippen LogP contribution is 2.28. The number of fused-ring (bicyclic) bond motifs is 2. The van der Waals surface area contributed by atoms with Crippen LogP contribution in [0.4, 0.5) is 10.6 Å². The second kappa shape index (κ2) is 8.64. The Kier molecular flexibility index (Phi) is 5.74. The molecule has 2 aromatic heterocycles. The standard InChI is InChI=1S/C23H21N3O6/c1-14-17-5-3-4-6-18(17)31-19(14)13-25(2)20(27)9-7-15-11-16-8-10-21(28)26(23(29)32-30)22(16)24-12-15/h3-7,9,11-12,30H,8,10,13H2,1-2H3/b9-7+. The lowest BCUT2D eigenvalue weighted by atomic mass is 10.0. The van der Waals surface area contributed by atoms with Gasteiger partial charge in [-0.05, 0) is 42.7 Å². The Morgan fingerprint density at radius 3 is 2.84 bits per heavy atom.